The summed E-state index contributed by atoms with van der Waals surface area (Å²) in [4.78, 5) is 24.2. The molecule has 1 atom stereocenters. The summed E-state index contributed by atoms with van der Waals surface area (Å²) in [5, 5.41) is 18.0. The third-order valence-electron chi connectivity index (χ3n) is 2.64. The van der Waals surface area contributed by atoms with Crippen molar-refractivity contribution in [2.75, 3.05) is 6.61 Å². The van der Waals surface area contributed by atoms with Crippen LogP contribution in [-0.2, 0) is 20.7 Å². The molecule has 0 aliphatic carbocycles. The van der Waals surface area contributed by atoms with Gasteiger partial charge in [0, 0.05) is 17.0 Å². The molecule has 0 fully saturated rings. The Morgan fingerprint density at radius 3 is 2.85 bits per heavy atom. The highest BCUT2D eigenvalue weighted by molar-refractivity contribution is 7.09. The topological polar surface area (TPSA) is 91.0 Å². The minimum absolute atomic E-state index is 0.0359. The molecule has 1 rings (SSSR count). The van der Waals surface area contributed by atoms with Gasteiger partial charge in [-0.15, -0.1) is 11.3 Å². The van der Waals surface area contributed by atoms with Crippen LogP contribution in [-0.4, -0.2) is 24.1 Å². The minimum Gasteiger partial charge on any atom is -0.458 e. The first-order valence-corrected chi connectivity index (χ1v) is 7.08. The van der Waals surface area contributed by atoms with Crippen LogP contribution >= 0.6 is 11.3 Å². The first-order valence-electron chi connectivity index (χ1n) is 6.20. The van der Waals surface area contributed by atoms with Crippen LogP contribution in [0.5, 0.6) is 0 Å². The van der Waals surface area contributed by atoms with Crippen LogP contribution in [0.4, 0.5) is 0 Å². The molecule has 1 N–H and O–H groups in total. The summed E-state index contributed by atoms with van der Waals surface area (Å²) in [6.45, 7) is 0.945. The third-order valence-corrected chi connectivity index (χ3v) is 3.58. The van der Waals surface area contributed by atoms with Crippen molar-refractivity contribution in [2.24, 2.45) is 5.92 Å². The number of ether oxygens (including phenoxy) is 1. The van der Waals surface area contributed by atoms with Gasteiger partial charge < -0.3 is 10.1 Å². The maximum atomic E-state index is 11.5. The smallest absolute Gasteiger partial charge is 0.306 e. The number of nitriles is 1. The Morgan fingerprint density at radius 1 is 1.55 bits per heavy atom. The van der Waals surface area contributed by atoms with E-state index in [-0.39, 0.29) is 12.1 Å². The van der Waals surface area contributed by atoms with Crippen LogP contribution in [0.1, 0.15) is 24.6 Å². The first kappa shape index (κ1) is 16.1. The van der Waals surface area contributed by atoms with Gasteiger partial charge in [0.25, 0.3) is 0 Å². The maximum absolute atomic E-state index is 11.5. The second kappa shape index (κ2) is 8.23. The summed E-state index contributed by atoms with van der Waals surface area (Å²) in [5.41, 5.74) is -0.0359. The van der Waals surface area contributed by atoms with Gasteiger partial charge in [0.05, 0.1) is 6.07 Å². The fourth-order valence-corrected chi connectivity index (χ4v) is 2.33. The average Bonchev–Trinajstić information content (AvgIpc) is 2.90. The van der Waals surface area contributed by atoms with Gasteiger partial charge in [-0.3, -0.25) is 9.59 Å². The Kier molecular flexibility index (Phi) is 6.60. The number of nitrogens with zero attached hydrogens (tertiary/aromatic N) is 1. The molecule has 20 heavy (non-hydrogen) atoms. The average molecular weight is 292 g/mol. The lowest BCUT2D eigenvalue weighted by Crippen LogP contribution is -2.25. The van der Waals surface area contributed by atoms with Crippen LogP contribution in [0.2, 0.25) is 0 Å². The number of aryl methyl sites for hydroxylation is 1. The second-order valence-corrected chi connectivity index (χ2v) is 5.34. The van der Waals surface area contributed by atoms with Crippen molar-refractivity contribution >= 4 is 28.8 Å². The lowest BCUT2D eigenvalue weighted by molar-refractivity contribution is -0.148. The molecule has 1 heterocycles. The molecule has 5 nitrogen and oxygen atoms in total. The molecule has 0 aliphatic rings. The SMILES string of the molecule is CC(=N)C(C#N)C(=O)COC(=O)CCCc1cccs1. The van der Waals surface area contributed by atoms with E-state index in [9.17, 15) is 9.59 Å². The number of ketones is 1. The largest absolute Gasteiger partial charge is 0.458 e. The Balaban J connectivity index is 2.24. The van der Waals surface area contributed by atoms with Gasteiger partial charge in [-0.1, -0.05) is 6.07 Å². The molecule has 0 radical (unpaired) electrons. The molecule has 1 unspecified atom stereocenters. The fourth-order valence-electron chi connectivity index (χ4n) is 1.58. The van der Waals surface area contributed by atoms with E-state index >= 15 is 0 Å². The summed E-state index contributed by atoms with van der Waals surface area (Å²) >= 11 is 1.64. The highest BCUT2D eigenvalue weighted by Crippen LogP contribution is 2.12. The number of thiophene rings is 1. The Labute approximate surface area is 121 Å². The van der Waals surface area contributed by atoms with E-state index in [1.54, 1.807) is 17.4 Å². The molecule has 6 heteroatoms. The molecule has 0 aromatic carbocycles. The second-order valence-electron chi connectivity index (χ2n) is 4.31. The lowest BCUT2D eigenvalue weighted by atomic mass is 10.0. The van der Waals surface area contributed by atoms with Crippen LogP contribution < -0.4 is 0 Å². The molecule has 106 valence electrons. The Bertz CT molecular complexity index is 517. The molecule has 0 aliphatic heterocycles. The highest BCUT2D eigenvalue weighted by atomic mass is 32.1. The van der Waals surface area contributed by atoms with E-state index in [0.29, 0.717) is 6.42 Å². The molecule has 0 saturated carbocycles. The van der Waals surface area contributed by atoms with Gasteiger partial charge in [0.1, 0.15) is 5.92 Å². The summed E-state index contributed by atoms with van der Waals surface area (Å²) in [6.07, 6.45) is 1.71. The van der Waals surface area contributed by atoms with Crippen molar-refractivity contribution in [3.63, 3.8) is 0 Å². The van der Waals surface area contributed by atoms with Gasteiger partial charge in [-0.05, 0) is 31.2 Å². The normalized spacial score (nSPS) is 11.4. The molecular weight excluding hydrogens is 276 g/mol. The van der Waals surface area contributed by atoms with Crippen molar-refractivity contribution in [3.8, 4) is 6.07 Å². The van der Waals surface area contributed by atoms with E-state index in [2.05, 4.69) is 0 Å². The zero-order valence-electron chi connectivity index (χ0n) is 11.2. The fraction of sp³-hybridized carbons (Fsp3) is 0.429. The lowest BCUT2D eigenvalue weighted by Gasteiger charge is -2.07. The quantitative estimate of drug-likeness (QED) is 0.588. The number of carbonyl (C=O) groups excluding carboxylic acids is 2. The molecular formula is C14H16N2O3S. The van der Waals surface area contributed by atoms with Crippen molar-refractivity contribution in [1.82, 2.24) is 0 Å². The molecule has 0 spiro atoms. The summed E-state index contributed by atoms with van der Waals surface area (Å²) in [7, 11) is 0. The third kappa shape index (κ3) is 5.33. The van der Waals surface area contributed by atoms with Crippen LogP contribution in [0, 0.1) is 22.7 Å². The van der Waals surface area contributed by atoms with Crippen LogP contribution in [0.3, 0.4) is 0 Å². The van der Waals surface area contributed by atoms with Crippen molar-refractivity contribution in [1.29, 1.82) is 10.7 Å². The van der Waals surface area contributed by atoms with E-state index in [4.69, 9.17) is 15.4 Å². The van der Waals surface area contributed by atoms with Gasteiger partial charge >= 0.3 is 5.97 Å². The van der Waals surface area contributed by atoms with Crippen LogP contribution in [0.15, 0.2) is 17.5 Å². The van der Waals surface area contributed by atoms with Crippen molar-refractivity contribution < 1.29 is 14.3 Å². The number of Topliss-reactive ketones (excluding diaryl/α,β-unsaturated/α-hetero) is 1. The van der Waals surface area contributed by atoms with Crippen molar-refractivity contribution in [3.05, 3.63) is 22.4 Å². The standard InChI is InChI=1S/C14H16N2O3S/c1-10(16)12(8-15)13(17)9-19-14(18)6-2-4-11-5-3-7-20-11/h3,5,7,12,16H,2,4,6,9H2,1H3. The van der Waals surface area contributed by atoms with E-state index in [1.807, 2.05) is 17.5 Å². The van der Waals surface area contributed by atoms with Gasteiger partial charge in [-0.25, -0.2) is 0 Å². The number of nitrogens with one attached hydrogen (secondary N) is 1. The number of rotatable bonds is 8. The molecule has 1 aromatic rings. The molecule has 0 bridgehead atoms. The van der Waals surface area contributed by atoms with Gasteiger partial charge in [0.15, 0.2) is 12.4 Å². The Hall–Kier alpha value is -2.00. The Morgan fingerprint density at radius 2 is 2.30 bits per heavy atom. The summed E-state index contributed by atoms with van der Waals surface area (Å²) in [6, 6.07) is 5.68. The van der Waals surface area contributed by atoms with E-state index < -0.39 is 24.3 Å². The van der Waals surface area contributed by atoms with Crippen LogP contribution in [0.25, 0.3) is 0 Å². The minimum atomic E-state index is -1.12. The van der Waals surface area contributed by atoms with E-state index in [1.165, 1.54) is 11.8 Å². The first-order chi connectivity index (χ1) is 9.54. The molecule has 0 amide bonds. The van der Waals surface area contributed by atoms with Crippen molar-refractivity contribution in [2.45, 2.75) is 26.2 Å². The predicted molar refractivity (Wildman–Crippen MR) is 75.7 cm³/mol. The molecule has 1 aromatic heterocycles. The van der Waals surface area contributed by atoms with Gasteiger partial charge in [-0.2, -0.15) is 5.26 Å². The monoisotopic (exact) mass is 292 g/mol. The number of hydrogen-bond donors (Lipinski definition) is 1. The summed E-state index contributed by atoms with van der Waals surface area (Å²) < 4.78 is 4.82. The predicted octanol–water partition coefficient (Wildman–Crippen LogP) is 2.36. The number of esters is 1. The molecule has 0 saturated heterocycles. The highest BCUT2D eigenvalue weighted by Gasteiger charge is 2.21. The zero-order valence-corrected chi connectivity index (χ0v) is 12.0. The zero-order chi connectivity index (χ0) is 15.0. The number of hydrogen-bond acceptors (Lipinski definition) is 6. The number of carbonyl (C=O) groups is 2. The van der Waals surface area contributed by atoms with Gasteiger partial charge in [0.2, 0.25) is 0 Å². The summed E-state index contributed by atoms with van der Waals surface area (Å²) in [5.74, 6) is -2.12. The van der Waals surface area contributed by atoms with E-state index in [0.717, 1.165) is 6.42 Å². The maximum Gasteiger partial charge on any atom is 0.306 e.